The van der Waals surface area contributed by atoms with E-state index in [1.54, 1.807) is 11.4 Å². The number of hydrogen-bond donors (Lipinski definition) is 0. The molecular formula is C11H22ClNO3S. The average molecular weight is 284 g/mol. The molecule has 0 heterocycles. The third-order valence-corrected chi connectivity index (χ3v) is 5.37. The number of hydrogen-bond acceptors (Lipinski definition) is 3. The predicted octanol–water partition coefficient (Wildman–Crippen LogP) is 1.84. The zero-order chi connectivity index (χ0) is 12.7. The van der Waals surface area contributed by atoms with Crippen molar-refractivity contribution in [3.63, 3.8) is 0 Å². The maximum absolute atomic E-state index is 12.2. The van der Waals surface area contributed by atoms with E-state index < -0.39 is 10.0 Å². The van der Waals surface area contributed by atoms with Crippen molar-refractivity contribution in [1.29, 1.82) is 0 Å². The Hall–Kier alpha value is 0.160. The Kier molecular flexibility index (Phi) is 6.77. The van der Waals surface area contributed by atoms with Crippen molar-refractivity contribution in [2.45, 2.75) is 38.1 Å². The van der Waals surface area contributed by atoms with E-state index in [-0.39, 0.29) is 11.8 Å². The normalized spacial score (nSPS) is 17.4. The minimum atomic E-state index is -3.13. The molecule has 0 unspecified atom stereocenters. The Bertz CT molecular complexity index is 304. The molecule has 0 aliphatic heterocycles. The summed E-state index contributed by atoms with van der Waals surface area (Å²) < 4.78 is 30.9. The van der Waals surface area contributed by atoms with Crippen LogP contribution in [-0.2, 0) is 14.8 Å². The van der Waals surface area contributed by atoms with Crippen LogP contribution in [0.4, 0.5) is 0 Å². The molecule has 4 nitrogen and oxygen atoms in total. The molecule has 102 valence electrons. The van der Waals surface area contributed by atoms with E-state index in [4.69, 9.17) is 16.3 Å². The summed E-state index contributed by atoms with van der Waals surface area (Å²) in [5.74, 6) is 0.691. The molecule has 17 heavy (non-hydrogen) atoms. The highest BCUT2D eigenvalue weighted by Gasteiger charge is 2.32. The lowest BCUT2D eigenvalue weighted by Crippen LogP contribution is -2.45. The van der Waals surface area contributed by atoms with Crippen LogP contribution in [0.15, 0.2) is 0 Å². The molecule has 1 rings (SSSR count). The number of alkyl halides is 1. The summed E-state index contributed by atoms with van der Waals surface area (Å²) in [4.78, 5) is 0. The number of halogens is 1. The topological polar surface area (TPSA) is 46.6 Å². The first-order valence-corrected chi connectivity index (χ1v) is 8.30. The highest BCUT2D eigenvalue weighted by Crippen LogP contribution is 2.27. The molecule has 1 aliphatic rings. The lowest BCUT2D eigenvalue weighted by atomic mass is 9.93. The SMILES string of the molecule is COCCCS(=O)(=O)N(CCCCl)C1CCC1. The van der Waals surface area contributed by atoms with E-state index >= 15 is 0 Å². The van der Waals surface area contributed by atoms with Crippen LogP contribution in [-0.4, -0.2) is 50.7 Å². The lowest BCUT2D eigenvalue weighted by molar-refractivity contribution is 0.196. The number of rotatable bonds is 9. The lowest BCUT2D eigenvalue weighted by Gasteiger charge is -2.36. The Labute approximate surface area is 109 Å². The van der Waals surface area contributed by atoms with Gasteiger partial charge in [-0.15, -0.1) is 11.6 Å². The van der Waals surface area contributed by atoms with Crippen LogP contribution in [0, 0.1) is 0 Å². The molecule has 0 spiro atoms. The third kappa shape index (κ3) is 4.73. The van der Waals surface area contributed by atoms with Crippen LogP contribution in [0.3, 0.4) is 0 Å². The van der Waals surface area contributed by atoms with Crippen molar-refractivity contribution in [2.24, 2.45) is 0 Å². The van der Waals surface area contributed by atoms with Crippen LogP contribution in [0.1, 0.15) is 32.1 Å². The molecule has 0 aromatic heterocycles. The van der Waals surface area contributed by atoms with E-state index in [1.807, 2.05) is 0 Å². The monoisotopic (exact) mass is 283 g/mol. The van der Waals surface area contributed by atoms with Gasteiger partial charge in [-0.3, -0.25) is 0 Å². The van der Waals surface area contributed by atoms with Crippen molar-refractivity contribution in [3.8, 4) is 0 Å². The molecule has 1 aliphatic carbocycles. The van der Waals surface area contributed by atoms with Gasteiger partial charge in [0, 0.05) is 32.2 Å². The van der Waals surface area contributed by atoms with Gasteiger partial charge in [-0.05, 0) is 25.7 Å². The van der Waals surface area contributed by atoms with Crippen LogP contribution >= 0.6 is 11.6 Å². The summed E-state index contributed by atoms with van der Waals surface area (Å²) in [6.45, 7) is 1.05. The number of methoxy groups -OCH3 is 1. The molecule has 0 bridgehead atoms. The first kappa shape index (κ1) is 15.2. The molecule has 1 fully saturated rings. The fourth-order valence-electron chi connectivity index (χ4n) is 1.94. The molecule has 0 aromatic rings. The minimum Gasteiger partial charge on any atom is -0.385 e. The second-order valence-electron chi connectivity index (χ2n) is 4.40. The molecular weight excluding hydrogens is 262 g/mol. The van der Waals surface area contributed by atoms with Gasteiger partial charge < -0.3 is 4.74 Å². The second-order valence-corrected chi connectivity index (χ2v) is 6.82. The van der Waals surface area contributed by atoms with Gasteiger partial charge >= 0.3 is 0 Å². The fraction of sp³-hybridized carbons (Fsp3) is 1.00. The summed E-state index contributed by atoms with van der Waals surface area (Å²) in [5, 5.41) is 0. The first-order valence-electron chi connectivity index (χ1n) is 6.16. The number of ether oxygens (including phenoxy) is 1. The maximum Gasteiger partial charge on any atom is 0.214 e. The summed E-state index contributed by atoms with van der Waals surface area (Å²) in [5.41, 5.74) is 0. The molecule has 0 atom stereocenters. The first-order chi connectivity index (χ1) is 8.11. The fourth-order valence-corrected chi connectivity index (χ4v) is 3.85. The van der Waals surface area contributed by atoms with E-state index in [9.17, 15) is 8.42 Å². The molecule has 0 N–H and O–H groups in total. The van der Waals surface area contributed by atoms with Gasteiger partial charge in [0.1, 0.15) is 0 Å². The van der Waals surface area contributed by atoms with Gasteiger partial charge in [0.25, 0.3) is 0 Å². The standard InChI is InChI=1S/C11H22ClNO3S/c1-16-9-4-10-17(14,15)13(8-3-7-12)11-5-2-6-11/h11H,2-10H2,1H3. The van der Waals surface area contributed by atoms with Gasteiger partial charge in [0.2, 0.25) is 10.0 Å². The molecule has 0 aromatic carbocycles. The van der Waals surface area contributed by atoms with Crippen molar-refractivity contribution in [1.82, 2.24) is 4.31 Å². The number of nitrogens with zero attached hydrogens (tertiary/aromatic N) is 1. The zero-order valence-electron chi connectivity index (χ0n) is 10.4. The molecule has 0 amide bonds. The predicted molar refractivity (Wildman–Crippen MR) is 70.0 cm³/mol. The van der Waals surface area contributed by atoms with Crippen LogP contribution in [0.25, 0.3) is 0 Å². The van der Waals surface area contributed by atoms with E-state index in [2.05, 4.69) is 0 Å². The Morgan fingerprint density at radius 3 is 2.53 bits per heavy atom. The summed E-state index contributed by atoms with van der Waals surface area (Å²) in [7, 11) is -1.55. The Morgan fingerprint density at radius 2 is 2.06 bits per heavy atom. The maximum atomic E-state index is 12.2. The van der Waals surface area contributed by atoms with E-state index in [0.717, 1.165) is 25.7 Å². The number of sulfonamides is 1. The van der Waals surface area contributed by atoms with E-state index in [1.165, 1.54) is 0 Å². The van der Waals surface area contributed by atoms with Gasteiger partial charge in [0.05, 0.1) is 5.75 Å². The summed E-state index contributed by atoms with van der Waals surface area (Å²) >= 11 is 5.65. The quantitative estimate of drug-likeness (QED) is 0.479. The van der Waals surface area contributed by atoms with Crippen LogP contribution in [0.5, 0.6) is 0 Å². The molecule has 1 saturated carbocycles. The third-order valence-electron chi connectivity index (χ3n) is 3.10. The van der Waals surface area contributed by atoms with Crippen LogP contribution < -0.4 is 0 Å². The van der Waals surface area contributed by atoms with Gasteiger partial charge in [-0.25, -0.2) is 8.42 Å². The largest absolute Gasteiger partial charge is 0.385 e. The molecule has 0 radical (unpaired) electrons. The zero-order valence-corrected chi connectivity index (χ0v) is 12.0. The average Bonchev–Trinajstić information content (AvgIpc) is 2.21. The van der Waals surface area contributed by atoms with Crippen molar-refractivity contribution >= 4 is 21.6 Å². The Balaban J connectivity index is 2.53. The van der Waals surface area contributed by atoms with E-state index in [0.29, 0.717) is 25.5 Å². The van der Waals surface area contributed by atoms with Crippen molar-refractivity contribution < 1.29 is 13.2 Å². The molecule has 6 heteroatoms. The molecule has 0 saturated heterocycles. The van der Waals surface area contributed by atoms with Gasteiger partial charge in [0.15, 0.2) is 0 Å². The second kappa shape index (κ2) is 7.56. The van der Waals surface area contributed by atoms with Gasteiger partial charge in [-0.2, -0.15) is 4.31 Å². The minimum absolute atomic E-state index is 0.180. The highest BCUT2D eigenvalue weighted by atomic mass is 35.5. The smallest absolute Gasteiger partial charge is 0.214 e. The van der Waals surface area contributed by atoms with Gasteiger partial charge in [-0.1, -0.05) is 6.42 Å². The van der Waals surface area contributed by atoms with Crippen LogP contribution in [0.2, 0.25) is 0 Å². The summed E-state index contributed by atoms with van der Waals surface area (Å²) in [6.07, 6.45) is 4.40. The van der Waals surface area contributed by atoms with Crippen molar-refractivity contribution in [2.75, 3.05) is 31.9 Å². The Morgan fingerprint density at radius 1 is 1.35 bits per heavy atom. The summed E-state index contributed by atoms with van der Waals surface area (Å²) in [6, 6.07) is 0.214. The van der Waals surface area contributed by atoms with Crippen molar-refractivity contribution in [3.05, 3.63) is 0 Å². The highest BCUT2D eigenvalue weighted by molar-refractivity contribution is 7.89.